The summed E-state index contributed by atoms with van der Waals surface area (Å²) in [6, 6.07) is 16.5. The minimum atomic E-state index is -4.46. The summed E-state index contributed by atoms with van der Waals surface area (Å²) in [5, 5.41) is 13.9. The lowest BCUT2D eigenvalue weighted by atomic mass is 10.1. The normalized spacial score (nSPS) is 13.7. The van der Waals surface area contributed by atoms with E-state index in [-0.39, 0.29) is 11.9 Å². The molecule has 2 heterocycles. The molecule has 0 aliphatic heterocycles. The maximum absolute atomic E-state index is 13.4. The maximum Gasteiger partial charge on any atom is 0.416 e. The van der Waals surface area contributed by atoms with Crippen LogP contribution in [0.1, 0.15) is 34.3 Å². The number of hydrogen-bond donors (Lipinski definition) is 1. The summed E-state index contributed by atoms with van der Waals surface area (Å²) in [7, 11) is 0. The third-order valence-corrected chi connectivity index (χ3v) is 7.14. The lowest BCUT2D eigenvalue weighted by Crippen LogP contribution is -2.25. The number of benzene rings is 2. The van der Waals surface area contributed by atoms with Crippen molar-refractivity contribution in [3.8, 4) is 16.4 Å². The molecule has 0 radical (unpaired) electrons. The Labute approximate surface area is 202 Å². The van der Waals surface area contributed by atoms with Gasteiger partial charge in [-0.05, 0) is 60.2 Å². The summed E-state index contributed by atoms with van der Waals surface area (Å²) >= 11 is 2.79. The van der Waals surface area contributed by atoms with Crippen LogP contribution in [0.5, 0.6) is 0 Å². The van der Waals surface area contributed by atoms with E-state index < -0.39 is 11.7 Å². The molecule has 1 aliphatic carbocycles. The fraction of sp³-hybridized carbons (Fsp3) is 0.208. The van der Waals surface area contributed by atoms with Crippen LogP contribution in [-0.4, -0.2) is 26.7 Å². The van der Waals surface area contributed by atoms with Gasteiger partial charge in [-0.2, -0.15) is 13.2 Å². The minimum absolute atomic E-state index is 0.0959. The van der Waals surface area contributed by atoms with Gasteiger partial charge in [0.15, 0.2) is 11.0 Å². The maximum atomic E-state index is 13.4. The first-order valence-electron chi connectivity index (χ1n) is 10.6. The molecular weight excluding hydrogens is 481 g/mol. The second kappa shape index (κ2) is 9.27. The minimum Gasteiger partial charge on any atom is -0.349 e. The van der Waals surface area contributed by atoms with Crippen molar-refractivity contribution in [1.29, 1.82) is 0 Å². The van der Waals surface area contributed by atoms with Crippen LogP contribution in [0.4, 0.5) is 13.2 Å². The van der Waals surface area contributed by atoms with E-state index in [1.165, 1.54) is 29.2 Å². The SMILES string of the molecule is O=C(NC1CC1)c1cccc(CSc2nnc(-c3cccs3)n2-c2cccc(C(F)(F)F)c2)c1. The number of hydrogen-bond acceptors (Lipinski definition) is 5. The number of rotatable bonds is 7. The number of nitrogens with one attached hydrogen (secondary N) is 1. The van der Waals surface area contributed by atoms with E-state index in [1.54, 1.807) is 16.7 Å². The largest absolute Gasteiger partial charge is 0.416 e. The Bertz CT molecular complexity index is 1310. The van der Waals surface area contributed by atoms with E-state index in [0.29, 0.717) is 28.0 Å². The van der Waals surface area contributed by atoms with Crippen LogP contribution in [-0.2, 0) is 11.9 Å². The van der Waals surface area contributed by atoms with Crippen LogP contribution < -0.4 is 5.32 Å². The van der Waals surface area contributed by atoms with E-state index in [1.807, 2.05) is 35.7 Å². The van der Waals surface area contributed by atoms with E-state index in [9.17, 15) is 18.0 Å². The Morgan fingerprint density at radius 1 is 1.09 bits per heavy atom. The van der Waals surface area contributed by atoms with Crippen LogP contribution in [0, 0.1) is 0 Å². The zero-order valence-corrected chi connectivity index (χ0v) is 19.4. The smallest absolute Gasteiger partial charge is 0.349 e. The van der Waals surface area contributed by atoms with Gasteiger partial charge in [-0.1, -0.05) is 36.0 Å². The molecular formula is C24H19F3N4OS2. The van der Waals surface area contributed by atoms with Crippen molar-refractivity contribution < 1.29 is 18.0 Å². The first kappa shape index (κ1) is 22.7. The second-order valence-corrected chi connectivity index (χ2v) is 9.79. The van der Waals surface area contributed by atoms with E-state index in [2.05, 4.69) is 15.5 Å². The van der Waals surface area contributed by atoms with Gasteiger partial charge in [-0.3, -0.25) is 9.36 Å². The van der Waals surface area contributed by atoms with E-state index >= 15 is 0 Å². The van der Waals surface area contributed by atoms with Crippen LogP contribution >= 0.6 is 23.1 Å². The van der Waals surface area contributed by atoms with Crippen molar-refractivity contribution >= 4 is 29.0 Å². The third kappa shape index (κ3) is 5.02. The lowest BCUT2D eigenvalue weighted by Gasteiger charge is -2.13. The molecule has 0 bridgehead atoms. The van der Waals surface area contributed by atoms with Crippen LogP contribution in [0.3, 0.4) is 0 Å². The predicted molar refractivity (Wildman–Crippen MR) is 126 cm³/mol. The summed E-state index contributed by atoms with van der Waals surface area (Å²) in [5.41, 5.74) is 1.10. The molecule has 0 unspecified atom stereocenters. The molecule has 0 atom stereocenters. The predicted octanol–water partition coefficient (Wildman–Crippen LogP) is 6.20. The Kier molecular flexibility index (Phi) is 6.18. The Morgan fingerprint density at radius 2 is 1.91 bits per heavy atom. The monoisotopic (exact) mass is 500 g/mol. The summed E-state index contributed by atoms with van der Waals surface area (Å²) in [5.74, 6) is 0.863. The van der Waals surface area contributed by atoms with Gasteiger partial charge in [-0.25, -0.2) is 0 Å². The molecule has 0 saturated heterocycles. The zero-order chi connectivity index (χ0) is 23.7. The number of thioether (sulfide) groups is 1. The molecule has 5 rings (SSSR count). The second-order valence-electron chi connectivity index (χ2n) is 7.90. The molecule has 1 aliphatic rings. The quantitative estimate of drug-likeness (QED) is 0.307. The topological polar surface area (TPSA) is 59.8 Å². The molecule has 174 valence electrons. The summed E-state index contributed by atoms with van der Waals surface area (Å²) < 4.78 is 41.7. The van der Waals surface area contributed by atoms with Gasteiger partial charge in [0, 0.05) is 17.4 Å². The number of carbonyl (C=O) groups is 1. The lowest BCUT2D eigenvalue weighted by molar-refractivity contribution is -0.137. The number of nitrogens with zero attached hydrogens (tertiary/aromatic N) is 3. The average Bonchev–Trinajstić information content (AvgIpc) is 3.30. The number of aromatic nitrogens is 3. The highest BCUT2D eigenvalue weighted by atomic mass is 32.2. The molecule has 5 nitrogen and oxygen atoms in total. The third-order valence-electron chi connectivity index (χ3n) is 5.28. The Morgan fingerprint density at radius 3 is 2.65 bits per heavy atom. The molecule has 1 N–H and O–H groups in total. The summed E-state index contributed by atoms with van der Waals surface area (Å²) in [6.45, 7) is 0. The van der Waals surface area contributed by atoms with Gasteiger partial charge in [0.2, 0.25) is 0 Å². The number of alkyl halides is 3. The first-order chi connectivity index (χ1) is 16.4. The molecule has 2 aromatic carbocycles. The van der Waals surface area contributed by atoms with Crippen molar-refractivity contribution in [2.45, 2.75) is 36.0 Å². The Hall–Kier alpha value is -3.11. The van der Waals surface area contributed by atoms with Gasteiger partial charge in [0.05, 0.1) is 16.1 Å². The molecule has 1 saturated carbocycles. The van der Waals surface area contributed by atoms with E-state index in [4.69, 9.17) is 0 Å². The van der Waals surface area contributed by atoms with Crippen LogP contribution in [0.25, 0.3) is 16.4 Å². The number of carbonyl (C=O) groups excluding carboxylic acids is 1. The van der Waals surface area contributed by atoms with Gasteiger partial charge in [0.1, 0.15) is 0 Å². The highest BCUT2D eigenvalue weighted by Crippen LogP contribution is 2.35. The standard InChI is InChI=1S/C24H19F3N4OS2/c25-24(26,27)17-6-2-7-19(13-17)31-21(20-8-3-11-33-20)29-30-23(31)34-14-15-4-1-5-16(12-15)22(32)28-18-9-10-18/h1-8,11-13,18H,9-10,14H2,(H,28,32). The number of thiophene rings is 1. The van der Waals surface area contributed by atoms with Gasteiger partial charge in [-0.15, -0.1) is 21.5 Å². The molecule has 34 heavy (non-hydrogen) atoms. The van der Waals surface area contributed by atoms with Crippen LogP contribution in [0.15, 0.2) is 71.2 Å². The molecule has 1 amide bonds. The summed E-state index contributed by atoms with van der Waals surface area (Å²) in [6.07, 6.45) is -2.43. The molecule has 0 spiro atoms. The Balaban J connectivity index is 1.44. The first-order valence-corrected chi connectivity index (χ1v) is 12.4. The van der Waals surface area contributed by atoms with Gasteiger partial charge in [0.25, 0.3) is 5.91 Å². The highest BCUT2D eigenvalue weighted by Gasteiger charge is 2.31. The fourth-order valence-electron chi connectivity index (χ4n) is 3.43. The molecule has 1 fully saturated rings. The molecule has 4 aromatic rings. The zero-order valence-electron chi connectivity index (χ0n) is 17.7. The van der Waals surface area contributed by atoms with Crippen molar-refractivity contribution in [2.24, 2.45) is 0 Å². The number of halogens is 3. The van der Waals surface area contributed by atoms with Gasteiger partial charge < -0.3 is 5.32 Å². The van der Waals surface area contributed by atoms with Crippen molar-refractivity contribution in [2.75, 3.05) is 0 Å². The molecule has 10 heteroatoms. The van der Waals surface area contributed by atoms with Crippen LogP contribution in [0.2, 0.25) is 0 Å². The van der Waals surface area contributed by atoms with Crippen molar-refractivity contribution in [3.63, 3.8) is 0 Å². The number of amides is 1. The van der Waals surface area contributed by atoms with Crippen molar-refractivity contribution in [3.05, 3.63) is 82.7 Å². The van der Waals surface area contributed by atoms with E-state index in [0.717, 1.165) is 35.4 Å². The summed E-state index contributed by atoms with van der Waals surface area (Å²) in [4.78, 5) is 13.2. The van der Waals surface area contributed by atoms with Gasteiger partial charge >= 0.3 is 6.18 Å². The fourth-order valence-corrected chi connectivity index (χ4v) is 5.02. The average molecular weight is 501 g/mol. The van der Waals surface area contributed by atoms with Crippen molar-refractivity contribution in [1.82, 2.24) is 20.1 Å². The highest BCUT2D eigenvalue weighted by molar-refractivity contribution is 7.98. The molecule has 2 aromatic heterocycles.